The summed E-state index contributed by atoms with van der Waals surface area (Å²) < 4.78 is 38.4. The van der Waals surface area contributed by atoms with Gasteiger partial charge in [-0.25, -0.2) is 13.2 Å². The molecule has 82 valence electrons. The number of benzene rings is 1. The van der Waals surface area contributed by atoms with E-state index in [0.717, 1.165) is 12.6 Å². The minimum absolute atomic E-state index is 0.0602. The molecule has 1 nitrogen and oxygen atoms in total. The van der Waals surface area contributed by atoms with Crippen LogP contribution >= 0.6 is 0 Å². The van der Waals surface area contributed by atoms with E-state index in [9.17, 15) is 13.2 Å². The highest BCUT2D eigenvalue weighted by Gasteiger charge is 2.06. The van der Waals surface area contributed by atoms with Crippen molar-refractivity contribution in [3.05, 3.63) is 41.2 Å². The minimum atomic E-state index is -1.17. The van der Waals surface area contributed by atoms with Crippen LogP contribution in [0.15, 0.2) is 18.2 Å². The number of halogens is 3. The Balaban J connectivity index is 2.77. The molecule has 1 rings (SSSR count). The lowest BCUT2D eigenvalue weighted by Crippen LogP contribution is -2.05. The van der Waals surface area contributed by atoms with Crippen LogP contribution in [0.1, 0.15) is 12.0 Å². The maximum absolute atomic E-state index is 13.1. The van der Waals surface area contributed by atoms with E-state index in [1.807, 2.05) is 0 Å². The summed E-state index contributed by atoms with van der Waals surface area (Å²) in [6, 6.07) is 1.40. The highest BCUT2D eigenvalue weighted by Crippen LogP contribution is 2.15. The van der Waals surface area contributed by atoms with E-state index in [4.69, 9.17) is 0 Å². The second-order valence-electron chi connectivity index (χ2n) is 3.08. The number of hydrogen-bond donors (Lipinski definition) is 1. The molecule has 0 amide bonds. The number of rotatable bonds is 4. The Labute approximate surface area is 86.6 Å². The zero-order chi connectivity index (χ0) is 11.3. The van der Waals surface area contributed by atoms with Crippen LogP contribution in [-0.2, 0) is 0 Å². The molecule has 1 aromatic carbocycles. The molecule has 0 aliphatic heterocycles. The van der Waals surface area contributed by atoms with E-state index >= 15 is 0 Å². The van der Waals surface area contributed by atoms with Gasteiger partial charge in [0, 0.05) is 11.6 Å². The summed E-state index contributed by atoms with van der Waals surface area (Å²) in [5, 5.41) is 2.91. The average molecular weight is 215 g/mol. The summed E-state index contributed by atoms with van der Waals surface area (Å²) in [7, 11) is 1.80. The molecule has 1 N–H and O–H groups in total. The molecular formula is C11H12F3N. The molecule has 0 unspecified atom stereocenters. The SMILES string of the molecule is CNCCC=Cc1cc(F)c(F)cc1F. The maximum atomic E-state index is 13.1. The standard InChI is InChI=1S/C11H12F3N/c1-15-5-3-2-4-8-6-10(13)11(14)7-9(8)12/h2,4,6-7,15H,3,5H2,1H3. The fraction of sp³-hybridized carbons (Fsp3) is 0.273. The Hall–Kier alpha value is -1.29. The van der Waals surface area contributed by atoms with Gasteiger partial charge < -0.3 is 5.32 Å². The van der Waals surface area contributed by atoms with Gasteiger partial charge in [0.1, 0.15) is 5.82 Å². The van der Waals surface area contributed by atoms with E-state index in [1.54, 1.807) is 13.1 Å². The van der Waals surface area contributed by atoms with Crippen LogP contribution in [-0.4, -0.2) is 13.6 Å². The van der Waals surface area contributed by atoms with Crippen LogP contribution in [0.2, 0.25) is 0 Å². The average Bonchev–Trinajstić information content (AvgIpc) is 2.20. The molecule has 0 radical (unpaired) electrons. The van der Waals surface area contributed by atoms with E-state index in [0.29, 0.717) is 12.5 Å². The summed E-state index contributed by atoms with van der Waals surface area (Å²) in [6.07, 6.45) is 3.84. The Morgan fingerprint density at radius 2 is 1.80 bits per heavy atom. The van der Waals surface area contributed by atoms with E-state index in [2.05, 4.69) is 5.32 Å². The van der Waals surface area contributed by atoms with Gasteiger partial charge in [-0.1, -0.05) is 12.2 Å². The first kappa shape index (κ1) is 11.8. The molecule has 4 heteroatoms. The number of hydrogen-bond acceptors (Lipinski definition) is 1. The summed E-state index contributed by atoms with van der Waals surface area (Å²) in [5.74, 6) is -2.96. The fourth-order valence-corrected chi connectivity index (χ4v) is 1.10. The normalized spacial score (nSPS) is 11.2. The van der Waals surface area contributed by atoms with Gasteiger partial charge >= 0.3 is 0 Å². The third-order valence-electron chi connectivity index (χ3n) is 1.90. The fourth-order valence-electron chi connectivity index (χ4n) is 1.10. The smallest absolute Gasteiger partial charge is 0.161 e. The first-order valence-electron chi connectivity index (χ1n) is 4.61. The number of nitrogens with one attached hydrogen (secondary N) is 1. The van der Waals surface area contributed by atoms with E-state index in [-0.39, 0.29) is 5.56 Å². The van der Waals surface area contributed by atoms with Gasteiger partial charge in [-0.05, 0) is 26.1 Å². The van der Waals surface area contributed by atoms with Crippen LogP contribution in [0.5, 0.6) is 0 Å². The molecule has 0 saturated carbocycles. The van der Waals surface area contributed by atoms with Crippen molar-refractivity contribution in [2.75, 3.05) is 13.6 Å². The highest BCUT2D eigenvalue weighted by molar-refractivity contribution is 5.50. The topological polar surface area (TPSA) is 12.0 Å². The summed E-state index contributed by atoms with van der Waals surface area (Å²) >= 11 is 0. The molecular weight excluding hydrogens is 203 g/mol. The Bertz CT molecular complexity index is 361. The third kappa shape index (κ3) is 3.40. The largest absolute Gasteiger partial charge is 0.319 e. The summed E-state index contributed by atoms with van der Waals surface area (Å²) in [4.78, 5) is 0. The molecule has 0 aliphatic rings. The van der Waals surface area contributed by atoms with Gasteiger partial charge in [-0.2, -0.15) is 0 Å². The van der Waals surface area contributed by atoms with E-state index < -0.39 is 17.5 Å². The van der Waals surface area contributed by atoms with Crippen molar-refractivity contribution in [2.24, 2.45) is 0 Å². The van der Waals surface area contributed by atoms with Gasteiger partial charge in [0.25, 0.3) is 0 Å². The van der Waals surface area contributed by atoms with Crippen molar-refractivity contribution < 1.29 is 13.2 Å². The molecule has 15 heavy (non-hydrogen) atoms. The Morgan fingerprint density at radius 3 is 2.47 bits per heavy atom. The van der Waals surface area contributed by atoms with Gasteiger partial charge in [0.05, 0.1) is 0 Å². The monoisotopic (exact) mass is 215 g/mol. The third-order valence-corrected chi connectivity index (χ3v) is 1.90. The molecule has 0 atom stereocenters. The lowest BCUT2D eigenvalue weighted by molar-refractivity contribution is 0.494. The first-order chi connectivity index (χ1) is 7.15. The molecule has 0 saturated heterocycles. The van der Waals surface area contributed by atoms with Gasteiger partial charge in [0.2, 0.25) is 0 Å². The molecule has 0 aliphatic carbocycles. The van der Waals surface area contributed by atoms with Gasteiger partial charge in [-0.3, -0.25) is 0 Å². The predicted molar refractivity (Wildman–Crippen MR) is 53.9 cm³/mol. The first-order valence-corrected chi connectivity index (χ1v) is 4.61. The zero-order valence-electron chi connectivity index (χ0n) is 8.36. The van der Waals surface area contributed by atoms with Crippen molar-refractivity contribution in [3.63, 3.8) is 0 Å². The second-order valence-corrected chi connectivity index (χ2v) is 3.08. The Kier molecular flexibility index (Phi) is 4.37. The Morgan fingerprint density at radius 1 is 1.13 bits per heavy atom. The molecule has 0 bridgehead atoms. The lowest BCUT2D eigenvalue weighted by atomic mass is 10.1. The molecule has 0 fully saturated rings. The van der Waals surface area contributed by atoms with Crippen LogP contribution in [0.4, 0.5) is 13.2 Å². The zero-order valence-corrected chi connectivity index (χ0v) is 8.36. The van der Waals surface area contributed by atoms with E-state index in [1.165, 1.54) is 6.08 Å². The van der Waals surface area contributed by atoms with Gasteiger partial charge in [-0.15, -0.1) is 0 Å². The van der Waals surface area contributed by atoms with Gasteiger partial charge in [0.15, 0.2) is 11.6 Å². The lowest BCUT2D eigenvalue weighted by Gasteiger charge is -1.98. The predicted octanol–water partition coefficient (Wildman–Crippen LogP) is 2.73. The van der Waals surface area contributed by atoms with Crippen molar-refractivity contribution in [3.8, 4) is 0 Å². The van der Waals surface area contributed by atoms with Crippen LogP contribution in [0.3, 0.4) is 0 Å². The van der Waals surface area contributed by atoms with Crippen LogP contribution in [0, 0.1) is 17.5 Å². The molecule has 1 aromatic rings. The quantitative estimate of drug-likeness (QED) is 0.601. The highest BCUT2D eigenvalue weighted by atomic mass is 19.2. The van der Waals surface area contributed by atoms with Crippen LogP contribution in [0.25, 0.3) is 6.08 Å². The maximum Gasteiger partial charge on any atom is 0.161 e. The van der Waals surface area contributed by atoms with Crippen molar-refractivity contribution >= 4 is 6.08 Å². The minimum Gasteiger partial charge on any atom is -0.319 e. The van der Waals surface area contributed by atoms with Crippen molar-refractivity contribution in [1.29, 1.82) is 0 Å². The van der Waals surface area contributed by atoms with Crippen molar-refractivity contribution in [1.82, 2.24) is 5.32 Å². The molecule has 0 heterocycles. The summed E-state index contributed by atoms with van der Waals surface area (Å²) in [6.45, 7) is 0.752. The molecule has 0 spiro atoms. The van der Waals surface area contributed by atoms with Crippen LogP contribution < -0.4 is 5.32 Å². The van der Waals surface area contributed by atoms with Crippen molar-refractivity contribution in [2.45, 2.75) is 6.42 Å². The molecule has 0 aromatic heterocycles. The summed E-state index contributed by atoms with van der Waals surface area (Å²) in [5.41, 5.74) is 0.0602. The second kappa shape index (κ2) is 5.56.